The van der Waals surface area contributed by atoms with Crippen molar-refractivity contribution in [2.45, 2.75) is 142 Å². The van der Waals surface area contributed by atoms with Gasteiger partial charge in [-0.05, 0) is 32.1 Å². The largest absolute Gasteiger partial charge is 0.385 e. The van der Waals surface area contributed by atoms with E-state index in [2.05, 4.69) is 19.1 Å². The Morgan fingerprint density at radius 2 is 1.09 bits per heavy atom. The normalized spacial score (nSPS) is 15.2. The van der Waals surface area contributed by atoms with Gasteiger partial charge < -0.3 is 13.9 Å². The SMILES string of the molecule is CCCCCCCCCCCCCC/C=C\CCCCCCOP(=O)(O)C(CC)[N+](C)(C)C. The second kappa shape index (κ2) is 21.2. The van der Waals surface area contributed by atoms with E-state index in [-0.39, 0.29) is 5.78 Å². The number of unbranched alkanes of at least 4 members (excludes halogenated alkanes) is 16. The highest BCUT2D eigenvalue weighted by atomic mass is 31.2. The van der Waals surface area contributed by atoms with E-state index in [1.165, 1.54) is 89.9 Å². The molecule has 0 amide bonds. The molecular formula is C28H59NO3P+. The third kappa shape index (κ3) is 19.8. The first-order valence-corrected chi connectivity index (χ1v) is 15.8. The zero-order valence-electron chi connectivity index (χ0n) is 23.0. The molecule has 0 aromatic carbocycles. The van der Waals surface area contributed by atoms with Crippen molar-refractivity contribution in [3.8, 4) is 0 Å². The van der Waals surface area contributed by atoms with Crippen molar-refractivity contribution in [3.05, 3.63) is 12.2 Å². The Kier molecular flexibility index (Phi) is 21.1. The molecule has 0 spiro atoms. The van der Waals surface area contributed by atoms with Crippen molar-refractivity contribution < 1.29 is 18.5 Å². The third-order valence-corrected chi connectivity index (χ3v) is 8.93. The molecule has 0 rings (SSSR count). The van der Waals surface area contributed by atoms with Gasteiger partial charge in [0.05, 0.1) is 27.7 Å². The molecule has 0 saturated carbocycles. The van der Waals surface area contributed by atoms with Crippen LogP contribution in [0.3, 0.4) is 0 Å². The molecule has 2 atom stereocenters. The summed E-state index contributed by atoms with van der Waals surface area (Å²) < 4.78 is 18.4. The molecule has 4 nitrogen and oxygen atoms in total. The lowest BCUT2D eigenvalue weighted by molar-refractivity contribution is -0.883. The highest BCUT2D eigenvalue weighted by Crippen LogP contribution is 2.51. The van der Waals surface area contributed by atoms with Crippen molar-refractivity contribution in [1.82, 2.24) is 0 Å². The predicted octanol–water partition coefficient (Wildman–Crippen LogP) is 9.23. The van der Waals surface area contributed by atoms with Crippen LogP contribution in [0.2, 0.25) is 0 Å². The smallest absolute Gasteiger partial charge is 0.320 e. The van der Waals surface area contributed by atoms with Crippen LogP contribution >= 0.6 is 7.60 Å². The van der Waals surface area contributed by atoms with Crippen LogP contribution in [0.4, 0.5) is 0 Å². The number of nitrogens with zero attached hydrogens (tertiary/aromatic N) is 1. The van der Waals surface area contributed by atoms with Gasteiger partial charge in [-0.1, -0.05) is 109 Å². The van der Waals surface area contributed by atoms with Crippen LogP contribution in [0.1, 0.15) is 136 Å². The first kappa shape index (κ1) is 32.8. The minimum absolute atomic E-state index is 0.354. The van der Waals surface area contributed by atoms with Crippen molar-refractivity contribution in [2.24, 2.45) is 0 Å². The Morgan fingerprint density at radius 3 is 1.48 bits per heavy atom. The van der Waals surface area contributed by atoms with Gasteiger partial charge in [0.15, 0.2) is 5.78 Å². The summed E-state index contributed by atoms with van der Waals surface area (Å²) in [6.45, 7) is 4.62. The van der Waals surface area contributed by atoms with Gasteiger partial charge in [-0.15, -0.1) is 0 Å². The Bertz CT molecular complexity index is 502. The lowest BCUT2D eigenvalue weighted by atomic mass is 10.0. The van der Waals surface area contributed by atoms with E-state index < -0.39 is 7.60 Å². The fourth-order valence-electron chi connectivity index (χ4n) is 4.55. The minimum atomic E-state index is -3.56. The quantitative estimate of drug-likeness (QED) is 0.0637. The maximum atomic E-state index is 12.5. The number of allylic oxidation sites excluding steroid dienone is 2. The number of hydrogen-bond donors (Lipinski definition) is 1. The molecule has 2 unspecified atom stereocenters. The standard InChI is InChI=1S/C28H58NO3P/c1-6-8-9-10-11-12-13-14-15-16-17-18-19-20-21-22-23-24-25-26-27-32-33(30,31)28(7-2)29(3,4)5/h20-21,28H,6-19,22-27H2,1-5H3/p+1/b21-20-. The van der Waals surface area contributed by atoms with Crippen LogP contribution in [-0.2, 0) is 9.09 Å². The van der Waals surface area contributed by atoms with Crippen LogP contribution in [-0.4, -0.2) is 42.9 Å². The Balaban J connectivity index is 3.45. The number of rotatable bonds is 24. The minimum Gasteiger partial charge on any atom is -0.320 e. The van der Waals surface area contributed by atoms with Crippen molar-refractivity contribution >= 4 is 7.60 Å². The molecule has 33 heavy (non-hydrogen) atoms. The molecule has 0 aromatic heterocycles. The molecule has 5 heteroatoms. The lowest BCUT2D eigenvalue weighted by Crippen LogP contribution is -2.44. The first-order chi connectivity index (χ1) is 15.8. The molecular weight excluding hydrogens is 429 g/mol. The molecule has 0 saturated heterocycles. The van der Waals surface area contributed by atoms with Gasteiger partial charge in [-0.2, -0.15) is 0 Å². The summed E-state index contributed by atoms with van der Waals surface area (Å²) >= 11 is 0. The van der Waals surface area contributed by atoms with Gasteiger partial charge in [-0.25, -0.2) is 0 Å². The van der Waals surface area contributed by atoms with E-state index >= 15 is 0 Å². The summed E-state index contributed by atoms with van der Waals surface area (Å²) in [5, 5.41) is 0. The third-order valence-electron chi connectivity index (χ3n) is 6.57. The van der Waals surface area contributed by atoms with Gasteiger partial charge in [0.2, 0.25) is 0 Å². The first-order valence-electron chi connectivity index (χ1n) is 14.2. The average molecular weight is 489 g/mol. The van der Waals surface area contributed by atoms with Gasteiger partial charge >= 0.3 is 7.60 Å². The van der Waals surface area contributed by atoms with E-state index in [9.17, 15) is 9.46 Å². The zero-order valence-corrected chi connectivity index (χ0v) is 23.9. The Labute approximate surface area is 207 Å². The van der Waals surface area contributed by atoms with Crippen LogP contribution in [0.25, 0.3) is 0 Å². The maximum absolute atomic E-state index is 12.5. The van der Waals surface area contributed by atoms with E-state index in [1.54, 1.807) is 0 Å². The molecule has 1 N–H and O–H groups in total. The summed E-state index contributed by atoms with van der Waals surface area (Å²) in [6.07, 6.45) is 28.9. The van der Waals surface area contributed by atoms with Crippen LogP contribution in [0, 0.1) is 0 Å². The second-order valence-corrected chi connectivity index (χ2v) is 12.7. The predicted molar refractivity (Wildman–Crippen MR) is 146 cm³/mol. The van der Waals surface area contributed by atoms with E-state index in [0.29, 0.717) is 17.5 Å². The highest BCUT2D eigenvalue weighted by molar-refractivity contribution is 7.53. The molecule has 0 bridgehead atoms. The van der Waals surface area contributed by atoms with Crippen molar-refractivity contribution in [3.63, 3.8) is 0 Å². The van der Waals surface area contributed by atoms with Gasteiger partial charge in [0.1, 0.15) is 0 Å². The highest BCUT2D eigenvalue weighted by Gasteiger charge is 2.41. The second-order valence-electron chi connectivity index (χ2n) is 10.8. The lowest BCUT2D eigenvalue weighted by Gasteiger charge is -2.35. The molecule has 0 aromatic rings. The zero-order chi connectivity index (χ0) is 24.8. The summed E-state index contributed by atoms with van der Waals surface area (Å²) in [7, 11) is 2.29. The molecule has 0 aliphatic heterocycles. The fraction of sp³-hybridized carbons (Fsp3) is 0.929. The summed E-state index contributed by atoms with van der Waals surface area (Å²) in [6, 6.07) is 0. The fourth-order valence-corrected chi connectivity index (χ4v) is 6.45. The number of hydrogen-bond acceptors (Lipinski definition) is 2. The number of quaternary nitrogens is 1. The molecule has 0 aliphatic carbocycles. The van der Waals surface area contributed by atoms with Gasteiger partial charge in [-0.3, -0.25) is 4.57 Å². The van der Waals surface area contributed by atoms with Gasteiger partial charge in [0, 0.05) is 6.42 Å². The monoisotopic (exact) mass is 488 g/mol. The molecule has 0 aliphatic rings. The molecule has 198 valence electrons. The Morgan fingerprint density at radius 1 is 0.697 bits per heavy atom. The van der Waals surface area contributed by atoms with E-state index in [0.717, 1.165) is 25.7 Å². The average Bonchev–Trinajstić information content (AvgIpc) is 2.74. The van der Waals surface area contributed by atoms with Crippen molar-refractivity contribution in [2.75, 3.05) is 27.7 Å². The maximum Gasteiger partial charge on any atom is 0.385 e. The molecule has 0 heterocycles. The topological polar surface area (TPSA) is 46.5 Å². The summed E-state index contributed by atoms with van der Waals surface area (Å²) in [5.41, 5.74) is 0. The summed E-state index contributed by atoms with van der Waals surface area (Å²) in [5.74, 6) is -0.354. The van der Waals surface area contributed by atoms with Crippen LogP contribution < -0.4 is 0 Å². The Hall–Kier alpha value is -0.150. The molecule has 0 radical (unpaired) electrons. The van der Waals surface area contributed by atoms with E-state index in [1.807, 2.05) is 28.1 Å². The molecule has 0 fully saturated rings. The van der Waals surface area contributed by atoms with Crippen LogP contribution in [0.5, 0.6) is 0 Å². The van der Waals surface area contributed by atoms with Crippen molar-refractivity contribution in [1.29, 1.82) is 0 Å². The summed E-state index contributed by atoms with van der Waals surface area (Å²) in [4.78, 5) is 10.3. The van der Waals surface area contributed by atoms with Gasteiger partial charge in [0.25, 0.3) is 0 Å². The van der Waals surface area contributed by atoms with Crippen LogP contribution in [0.15, 0.2) is 12.2 Å². The van der Waals surface area contributed by atoms with E-state index in [4.69, 9.17) is 4.52 Å².